The molecule has 0 aromatic carbocycles. The first-order valence-electron chi connectivity index (χ1n) is 6.77. The van der Waals surface area contributed by atoms with Gasteiger partial charge in [0.1, 0.15) is 4.75 Å². The van der Waals surface area contributed by atoms with E-state index in [-0.39, 0.29) is 5.92 Å². The van der Waals surface area contributed by atoms with E-state index in [1.54, 1.807) is 13.8 Å². The van der Waals surface area contributed by atoms with Gasteiger partial charge in [-0.15, -0.1) is 11.8 Å². The summed E-state index contributed by atoms with van der Waals surface area (Å²) < 4.78 is -0.823. The maximum Gasteiger partial charge on any atom is 0.319 e. The summed E-state index contributed by atoms with van der Waals surface area (Å²) in [5.41, 5.74) is 1.12. The zero-order valence-corrected chi connectivity index (χ0v) is 12.9. The third-order valence-electron chi connectivity index (χ3n) is 3.56. The molecule has 20 heavy (non-hydrogen) atoms. The number of nitrogens with zero attached hydrogens (tertiary/aromatic N) is 2. The van der Waals surface area contributed by atoms with Gasteiger partial charge in [0.25, 0.3) is 0 Å². The Balaban J connectivity index is 2.31. The third kappa shape index (κ3) is 3.20. The highest BCUT2D eigenvalue weighted by Crippen LogP contribution is 2.39. The lowest BCUT2D eigenvalue weighted by atomic mass is 9.86. The second kappa shape index (κ2) is 5.95. The minimum absolute atomic E-state index is 0.191. The first-order valence-corrected chi connectivity index (χ1v) is 7.58. The Bertz CT molecular complexity index is 518. The van der Waals surface area contributed by atoms with E-state index in [0.29, 0.717) is 5.92 Å². The summed E-state index contributed by atoms with van der Waals surface area (Å²) >= 11 is 1.44. The molecule has 5 heteroatoms. The molecule has 0 saturated carbocycles. The van der Waals surface area contributed by atoms with E-state index in [1.165, 1.54) is 11.8 Å². The standard InChI is InChI=1S/C15H20N2O2S/c1-10-4-6-16-8-11(10)12-9-17-7-5-13(12)20-15(2,3)14(18)19/h4,6,8-11H,5,7H2,1-3H3,(H,18,19). The number of carbonyl (C=O) groups is 1. The van der Waals surface area contributed by atoms with Crippen molar-refractivity contribution in [2.75, 3.05) is 6.54 Å². The number of aliphatic carboxylic acids is 1. The van der Waals surface area contributed by atoms with Gasteiger partial charge in [0.2, 0.25) is 0 Å². The van der Waals surface area contributed by atoms with Gasteiger partial charge in [0.15, 0.2) is 0 Å². The molecule has 0 bridgehead atoms. The first-order chi connectivity index (χ1) is 9.42. The number of carboxylic acid groups (broad SMARTS) is 1. The SMILES string of the molecule is CC1C=CN=CC1C1=C(SC(C)(C)C(=O)O)CCN=C1. The van der Waals surface area contributed by atoms with E-state index in [1.807, 2.05) is 18.6 Å². The zero-order chi connectivity index (χ0) is 14.8. The number of thioether (sulfide) groups is 1. The number of rotatable bonds is 4. The number of hydrogen-bond acceptors (Lipinski definition) is 4. The van der Waals surface area contributed by atoms with Gasteiger partial charge < -0.3 is 5.11 Å². The molecule has 0 fully saturated rings. The highest BCUT2D eigenvalue weighted by atomic mass is 32.2. The van der Waals surface area contributed by atoms with Gasteiger partial charge in [-0.3, -0.25) is 14.8 Å². The first kappa shape index (κ1) is 15.0. The molecule has 2 aliphatic heterocycles. The molecular formula is C15H20N2O2S. The molecule has 0 amide bonds. The van der Waals surface area contributed by atoms with Crippen LogP contribution in [0.2, 0.25) is 0 Å². The van der Waals surface area contributed by atoms with Gasteiger partial charge in [-0.2, -0.15) is 0 Å². The molecule has 2 rings (SSSR count). The Kier molecular flexibility index (Phi) is 4.48. The van der Waals surface area contributed by atoms with Crippen molar-refractivity contribution in [3.63, 3.8) is 0 Å². The molecule has 1 N–H and O–H groups in total. The van der Waals surface area contributed by atoms with Crippen LogP contribution in [0.5, 0.6) is 0 Å². The van der Waals surface area contributed by atoms with Crippen molar-refractivity contribution in [3.05, 3.63) is 22.8 Å². The Morgan fingerprint density at radius 3 is 2.90 bits per heavy atom. The molecule has 108 valence electrons. The lowest BCUT2D eigenvalue weighted by Gasteiger charge is -2.28. The summed E-state index contributed by atoms with van der Waals surface area (Å²) in [6.45, 7) is 6.37. The number of allylic oxidation sites excluding steroid dienone is 2. The van der Waals surface area contributed by atoms with Gasteiger partial charge in [0, 0.05) is 31.1 Å². The van der Waals surface area contributed by atoms with Gasteiger partial charge >= 0.3 is 5.97 Å². The highest BCUT2D eigenvalue weighted by molar-refractivity contribution is 8.05. The molecule has 2 unspecified atom stereocenters. The molecule has 0 aliphatic carbocycles. The maximum absolute atomic E-state index is 11.3. The van der Waals surface area contributed by atoms with Crippen LogP contribution in [0, 0.1) is 11.8 Å². The van der Waals surface area contributed by atoms with E-state index >= 15 is 0 Å². The summed E-state index contributed by atoms with van der Waals surface area (Å²) in [6, 6.07) is 0. The summed E-state index contributed by atoms with van der Waals surface area (Å²) in [4.78, 5) is 21.0. The van der Waals surface area contributed by atoms with Crippen LogP contribution in [-0.2, 0) is 4.79 Å². The van der Waals surface area contributed by atoms with Crippen LogP contribution in [-0.4, -0.2) is 34.8 Å². The molecule has 0 saturated heterocycles. The summed E-state index contributed by atoms with van der Waals surface area (Å²) in [5, 5.41) is 9.31. The highest BCUT2D eigenvalue weighted by Gasteiger charge is 2.32. The van der Waals surface area contributed by atoms with Crippen molar-refractivity contribution in [1.29, 1.82) is 0 Å². The number of hydrogen-bond donors (Lipinski definition) is 1. The van der Waals surface area contributed by atoms with Gasteiger partial charge in [-0.25, -0.2) is 0 Å². The van der Waals surface area contributed by atoms with Crippen molar-refractivity contribution in [2.24, 2.45) is 21.8 Å². The average molecular weight is 292 g/mol. The van der Waals surface area contributed by atoms with Crippen LogP contribution >= 0.6 is 11.8 Å². The van der Waals surface area contributed by atoms with Crippen molar-refractivity contribution >= 4 is 30.2 Å². The number of carboxylic acids is 1. The Morgan fingerprint density at radius 2 is 2.25 bits per heavy atom. The maximum atomic E-state index is 11.3. The molecule has 0 radical (unpaired) electrons. The molecule has 2 heterocycles. The molecule has 0 aromatic heterocycles. The molecular weight excluding hydrogens is 272 g/mol. The average Bonchev–Trinajstić information content (AvgIpc) is 2.40. The fourth-order valence-electron chi connectivity index (χ4n) is 2.23. The van der Waals surface area contributed by atoms with Crippen LogP contribution < -0.4 is 0 Å². The molecule has 2 atom stereocenters. The zero-order valence-electron chi connectivity index (χ0n) is 12.0. The smallest absolute Gasteiger partial charge is 0.319 e. The van der Waals surface area contributed by atoms with E-state index in [9.17, 15) is 9.90 Å². The summed E-state index contributed by atoms with van der Waals surface area (Å²) in [5.74, 6) is -0.242. The van der Waals surface area contributed by atoms with Crippen LogP contribution in [0.25, 0.3) is 0 Å². The minimum Gasteiger partial charge on any atom is -0.480 e. The second-order valence-corrected chi connectivity index (χ2v) is 7.32. The quantitative estimate of drug-likeness (QED) is 0.865. The van der Waals surface area contributed by atoms with Crippen molar-refractivity contribution < 1.29 is 9.90 Å². The van der Waals surface area contributed by atoms with Gasteiger partial charge in [-0.1, -0.05) is 13.0 Å². The van der Waals surface area contributed by atoms with E-state index < -0.39 is 10.7 Å². The lowest BCUT2D eigenvalue weighted by Crippen LogP contribution is -2.29. The van der Waals surface area contributed by atoms with Crippen molar-refractivity contribution in [3.8, 4) is 0 Å². The fourth-order valence-corrected chi connectivity index (χ4v) is 3.43. The Labute approximate surface area is 123 Å². The summed E-state index contributed by atoms with van der Waals surface area (Å²) in [6.07, 6.45) is 8.54. The van der Waals surface area contributed by atoms with Crippen molar-refractivity contribution in [2.45, 2.75) is 31.9 Å². The van der Waals surface area contributed by atoms with Gasteiger partial charge in [-0.05, 0) is 36.7 Å². The lowest BCUT2D eigenvalue weighted by molar-refractivity contribution is -0.138. The monoisotopic (exact) mass is 292 g/mol. The Morgan fingerprint density at radius 1 is 1.50 bits per heavy atom. The van der Waals surface area contributed by atoms with Crippen LogP contribution in [0.3, 0.4) is 0 Å². The van der Waals surface area contributed by atoms with Crippen LogP contribution in [0.4, 0.5) is 0 Å². The fraction of sp³-hybridized carbons (Fsp3) is 0.533. The normalized spacial score (nSPS) is 26.1. The van der Waals surface area contributed by atoms with E-state index in [4.69, 9.17) is 0 Å². The summed E-state index contributed by atoms with van der Waals surface area (Å²) in [7, 11) is 0. The van der Waals surface area contributed by atoms with Crippen molar-refractivity contribution in [1.82, 2.24) is 0 Å². The van der Waals surface area contributed by atoms with E-state index in [2.05, 4.69) is 23.0 Å². The van der Waals surface area contributed by atoms with E-state index in [0.717, 1.165) is 23.4 Å². The number of aliphatic imine (C=N–C) groups is 2. The van der Waals surface area contributed by atoms with Gasteiger partial charge in [0.05, 0.1) is 0 Å². The molecule has 2 aliphatic rings. The third-order valence-corrected chi connectivity index (χ3v) is 4.93. The van der Waals surface area contributed by atoms with Crippen LogP contribution in [0.1, 0.15) is 27.2 Å². The van der Waals surface area contributed by atoms with Crippen LogP contribution in [0.15, 0.2) is 32.7 Å². The molecule has 0 aromatic rings. The number of dihydropyridines is 1. The Hall–Kier alpha value is -1.36. The molecule has 0 spiro atoms. The topological polar surface area (TPSA) is 62.0 Å². The largest absolute Gasteiger partial charge is 0.480 e. The second-order valence-electron chi connectivity index (χ2n) is 5.61. The predicted molar refractivity (Wildman–Crippen MR) is 84.6 cm³/mol. The predicted octanol–water partition coefficient (Wildman–Crippen LogP) is 3.16. The minimum atomic E-state index is -0.823. The molecule has 4 nitrogen and oxygen atoms in total.